The highest BCUT2D eigenvalue weighted by atomic mass is 32.2. The lowest BCUT2D eigenvalue weighted by Gasteiger charge is -2.27. The van der Waals surface area contributed by atoms with Crippen molar-refractivity contribution in [3.63, 3.8) is 0 Å². The molecule has 1 atom stereocenters. The number of hydrogen-bond acceptors (Lipinski definition) is 7. The standard InChI is InChI=1S/C20H32N4O7S/c1-20(2,3)31-19(26)22-17(18(25)21-8-9-24-10-12-30-13-11-24)14-15-4-6-16(7-5-15)23-32(27,28)29/h4-7,17,23H,8-14H2,1-3H3,(H,21,25)(H,22,26)(H,27,28,29)/t17-/m1/s1. The summed E-state index contributed by atoms with van der Waals surface area (Å²) in [6.45, 7) is 9.21. The molecule has 1 aromatic rings. The van der Waals surface area contributed by atoms with E-state index in [9.17, 15) is 18.0 Å². The molecule has 0 saturated carbocycles. The molecule has 0 aromatic heterocycles. The fraction of sp³-hybridized carbons (Fsp3) is 0.600. The summed E-state index contributed by atoms with van der Waals surface area (Å²) in [5, 5.41) is 5.45. The van der Waals surface area contributed by atoms with Crippen LogP contribution in [0.15, 0.2) is 24.3 Å². The molecule has 0 aliphatic carbocycles. The number of amides is 2. The van der Waals surface area contributed by atoms with Crippen molar-refractivity contribution in [1.82, 2.24) is 15.5 Å². The van der Waals surface area contributed by atoms with Crippen LogP contribution in [-0.4, -0.2) is 80.9 Å². The SMILES string of the molecule is CC(C)(C)OC(=O)N[C@H](Cc1ccc(NS(=O)(=O)O)cc1)C(=O)NCCN1CCOCC1. The smallest absolute Gasteiger partial charge is 0.408 e. The lowest BCUT2D eigenvalue weighted by Crippen LogP contribution is -2.50. The minimum absolute atomic E-state index is 0.161. The van der Waals surface area contributed by atoms with Crippen LogP contribution >= 0.6 is 0 Å². The van der Waals surface area contributed by atoms with E-state index in [2.05, 4.69) is 15.5 Å². The Morgan fingerprint density at radius 3 is 2.38 bits per heavy atom. The van der Waals surface area contributed by atoms with E-state index in [1.165, 1.54) is 12.1 Å². The van der Waals surface area contributed by atoms with Crippen LogP contribution in [0.5, 0.6) is 0 Å². The maximum atomic E-state index is 12.8. The van der Waals surface area contributed by atoms with Gasteiger partial charge in [-0.15, -0.1) is 0 Å². The number of morpholine rings is 1. The number of carbonyl (C=O) groups is 2. The van der Waals surface area contributed by atoms with Gasteiger partial charge in [-0.05, 0) is 38.5 Å². The van der Waals surface area contributed by atoms with Gasteiger partial charge >= 0.3 is 16.4 Å². The van der Waals surface area contributed by atoms with Gasteiger partial charge in [0.25, 0.3) is 0 Å². The molecule has 1 aliphatic rings. The minimum atomic E-state index is -4.38. The predicted molar refractivity (Wildman–Crippen MR) is 119 cm³/mol. The normalized spacial score (nSPS) is 16.1. The molecule has 0 unspecified atom stereocenters. The number of benzene rings is 1. The second-order valence-electron chi connectivity index (χ2n) is 8.42. The number of alkyl carbamates (subject to hydrolysis) is 1. The van der Waals surface area contributed by atoms with Crippen LogP contribution < -0.4 is 15.4 Å². The third kappa shape index (κ3) is 10.3. The first-order valence-corrected chi connectivity index (χ1v) is 11.8. The summed E-state index contributed by atoms with van der Waals surface area (Å²) < 4.78 is 43.2. The highest BCUT2D eigenvalue weighted by molar-refractivity contribution is 7.87. The number of carbonyl (C=O) groups excluding carboxylic acids is 2. The van der Waals surface area contributed by atoms with Crippen molar-refractivity contribution >= 4 is 28.0 Å². The van der Waals surface area contributed by atoms with Crippen molar-refractivity contribution in [3.05, 3.63) is 29.8 Å². The first kappa shape index (κ1) is 25.8. The summed E-state index contributed by atoms with van der Waals surface area (Å²) in [6.07, 6.45) is -0.551. The van der Waals surface area contributed by atoms with E-state index >= 15 is 0 Å². The Bertz CT molecular complexity index is 863. The second kappa shape index (κ2) is 11.5. The largest absolute Gasteiger partial charge is 0.444 e. The van der Waals surface area contributed by atoms with E-state index in [0.29, 0.717) is 31.9 Å². The van der Waals surface area contributed by atoms with Crippen LogP contribution in [-0.2, 0) is 31.0 Å². The fourth-order valence-corrected chi connectivity index (χ4v) is 3.47. The zero-order valence-corrected chi connectivity index (χ0v) is 19.4. The van der Waals surface area contributed by atoms with Crippen LogP contribution in [0.4, 0.5) is 10.5 Å². The number of hydrogen-bond donors (Lipinski definition) is 4. The molecule has 0 spiro atoms. The first-order valence-electron chi connectivity index (χ1n) is 10.3. The second-order valence-corrected chi connectivity index (χ2v) is 9.58. The third-order valence-corrected chi connectivity index (χ3v) is 4.97. The summed E-state index contributed by atoms with van der Waals surface area (Å²) >= 11 is 0. The maximum absolute atomic E-state index is 12.8. The Kier molecular flexibility index (Phi) is 9.25. The molecule has 1 saturated heterocycles. The Hall–Kier alpha value is -2.41. The van der Waals surface area contributed by atoms with Crippen LogP contribution in [0.2, 0.25) is 0 Å². The highest BCUT2D eigenvalue weighted by Gasteiger charge is 2.25. The van der Waals surface area contributed by atoms with Crippen molar-refractivity contribution in [2.24, 2.45) is 0 Å². The molecule has 180 valence electrons. The summed E-state index contributed by atoms with van der Waals surface area (Å²) in [7, 11) is -4.38. The van der Waals surface area contributed by atoms with Gasteiger partial charge in [0.1, 0.15) is 11.6 Å². The van der Waals surface area contributed by atoms with Gasteiger partial charge in [-0.2, -0.15) is 8.42 Å². The number of anilines is 1. The van der Waals surface area contributed by atoms with Gasteiger partial charge in [-0.1, -0.05) is 12.1 Å². The predicted octanol–water partition coefficient (Wildman–Crippen LogP) is 0.786. The molecule has 1 fully saturated rings. The molecule has 1 aromatic carbocycles. The van der Waals surface area contributed by atoms with E-state index < -0.39 is 28.0 Å². The average Bonchev–Trinajstić information content (AvgIpc) is 2.67. The van der Waals surface area contributed by atoms with Gasteiger partial charge in [0.05, 0.1) is 18.9 Å². The number of nitrogens with one attached hydrogen (secondary N) is 3. The Labute approximate surface area is 188 Å². The molecular weight excluding hydrogens is 440 g/mol. The lowest BCUT2D eigenvalue weighted by molar-refractivity contribution is -0.123. The molecule has 1 aliphatic heterocycles. The monoisotopic (exact) mass is 472 g/mol. The fourth-order valence-electron chi connectivity index (χ4n) is 3.04. The van der Waals surface area contributed by atoms with Crippen molar-refractivity contribution < 1.29 is 32.0 Å². The van der Waals surface area contributed by atoms with Gasteiger partial charge in [0.15, 0.2) is 0 Å². The van der Waals surface area contributed by atoms with Crippen LogP contribution in [0.1, 0.15) is 26.3 Å². The van der Waals surface area contributed by atoms with Gasteiger partial charge in [0.2, 0.25) is 5.91 Å². The molecule has 2 rings (SSSR count). The topological polar surface area (TPSA) is 146 Å². The summed E-state index contributed by atoms with van der Waals surface area (Å²) in [5.74, 6) is -0.357. The number of nitrogens with zero attached hydrogens (tertiary/aromatic N) is 1. The summed E-state index contributed by atoms with van der Waals surface area (Å²) in [4.78, 5) is 27.2. The summed E-state index contributed by atoms with van der Waals surface area (Å²) in [6, 6.07) is 5.19. The van der Waals surface area contributed by atoms with Gasteiger partial charge in [-0.25, -0.2) is 4.79 Å². The van der Waals surface area contributed by atoms with Crippen LogP contribution in [0.3, 0.4) is 0 Å². The van der Waals surface area contributed by atoms with Crippen molar-refractivity contribution in [1.29, 1.82) is 0 Å². The summed E-state index contributed by atoms with van der Waals surface area (Å²) in [5.41, 5.74) is 0.128. The third-order valence-electron chi connectivity index (χ3n) is 4.48. The molecule has 2 amide bonds. The Balaban J connectivity index is 2.00. The molecule has 4 N–H and O–H groups in total. The van der Waals surface area contributed by atoms with E-state index in [4.69, 9.17) is 14.0 Å². The zero-order valence-electron chi connectivity index (χ0n) is 18.6. The maximum Gasteiger partial charge on any atom is 0.408 e. The lowest BCUT2D eigenvalue weighted by atomic mass is 10.0. The number of rotatable bonds is 9. The quantitative estimate of drug-likeness (QED) is 0.386. The van der Waals surface area contributed by atoms with E-state index in [-0.39, 0.29) is 18.0 Å². The van der Waals surface area contributed by atoms with Gasteiger partial charge < -0.3 is 20.1 Å². The Morgan fingerprint density at radius 1 is 1.19 bits per heavy atom. The van der Waals surface area contributed by atoms with Crippen molar-refractivity contribution in [2.45, 2.75) is 38.8 Å². The molecular formula is C20H32N4O7S. The van der Waals surface area contributed by atoms with E-state index in [0.717, 1.165) is 13.1 Å². The van der Waals surface area contributed by atoms with E-state index in [1.807, 2.05) is 4.72 Å². The average molecular weight is 473 g/mol. The molecule has 11 nitrogen and oxygen atoms in total. The van der Waals surface area contributed by atoms with Gasteiger partial charge in [-0.3, -0.25) is 19.0 Å². The molecule has 12 heteroatoms. The van der Waals surface area contributed by atoms with Gasteiger partial charge in [0, 0.05) is 32.6 Å². The minimum Gasteiger partial charge on any atom is -0.444 e. The zero-order chi connectivity index (χ0) is 23.8. The molecule has 1 heterocycles. The van der Waals surface area contributed by atoms with Crippen molar-refractivity contribution in [3.8, 4) is 0 Å². The van der Waals surface area contributed by atoms with Crippen LogP contribution in [0, 0.1) is 0 Å². The number of ether oxygens (including phenoxy) is 2. The highest BCUT2D eigenvalue weighted by Crippen LogP contribution is 2.13. The Morgan fingerprint density at radius 2 is 1.81 bits per heavy atom. The van der Waals surface area contributed by atoms with E-state index in [1.54, 1.807) is 32.9 Å². The molecule has 32 heavy (non-hydrogen) atoms. The first-order chi connectivity index (χ1) is 14.9. The molecule has 0 radical (unpaired) electrons. The van der Waals surface area contributed by atoms with Crippen molar-refractivity contribution in [2.75, 3.05) is 44.1 Å². The van der Waals surface area contributed by atoms with Crippen LogP contribution in [0.25, 0.3) is 0 Å². The molecule has 0 bridgehead atoms.